The molecule has 1 atom stereocenters. The van der Waals surface area contributed by atoms with Crippen molar-refractivity contribution in [1.29, 1.82) is 0 Å². The number of carbonyl (C=O) groups excluding carboxylic acids is 1. The lowest BCUT2D eigenvalue weighted by Gasteiger charge is -2.09. The fourth-order valence-corrected chi connectivity index (χ4v) is 2.02. The minimum Gasteiger partial charge on any atom is -0.381 e. The zero-order valence-electron chi connectivity index (χ0n) is 9.63. The fraction of sp³-hybridized carbons (Fsp3) is 0.462. The number of rotatable bonds is 3. The molecule has 0 N–H and O–H groups in total. The lowest BCUT2D eigenvalue weighted by Crippen LogP contribution is -2.13. The maximum atomic E-state index is 13.7. The summed E-state index contributed by atoms with van der Waals surface area (Å²) in [5.74, 6) is -1.91. The molecule has 1 aromatic carbocycles. The molecule has 17 heavy (non-hydrogen) atoms. The Balaban J connectivity index is 2.21. The van der Waals surface area contributed by atoms with E-state index in [2.05, 4.69) is 0 Å². The van der Waals surface area contributed by atoms with Crippen molar-refractivity contribution in [2.45, 2.75) is 19.8 Å². The van der Waals surface area contributed by atoms with Crippen molar-refractivity contribution in [3.63, 3.8) is 0 Å². The van der Waals surface area contributed by atoms with Crippen LogP contribution in [0, 0.1) is 24.5 Å². The Morgan fingerprint density at radius 2 is 2.24 bits per heavy atom. The normalized spacial score (nSPS) is 19.6. The highest BCUT2D eigenvalue weighted by Gasteiger charge is 2.24. The largest absolute Gasteiger partial charge is 0.381 e. The van der Waals surface area contributed by atoms with Crippen LogP contribution < -0.4 is 0 Å². The zero-order valence-corrected chi connectivity index (χ0v) is 9.63. The standard InChI is InChI=1S/C13H14F2O2/c1-8-2-3-10(14)12(13(8)15)11(16)6-9-4-5-17-7-9/h2-3,9H,4-7H2,1H3. The third-order valence-corrected chi connectivity index (χ3v) is 3.06. The lowest BCUT2D eigenvalue weighted by atomic mass is 9.96. The molecule has 1 fully saturated rings. The summed E-state index contributed by atoms with van der Waals surface area (Å²) < 4.78 is 32.3. The molecule has 0 aliphatic carbocycles. The van der Waals surface area contributed by atoms with Gasteiger partial charge in [0.2, 0.25) is 0 Å². The molecule has 4 heteroatoms. The summed E-state index contributed by atoms with van der Waals surface area (Å²) in [6.45, 7) is 2.64. The van der Waals surface area contributed by atoms with Crippen molar-refractivity contribution in [2.75, 3.05) is 13.2 Å². The molecule has 1 unspecified atom stereocenters. The number of halogens is 2. The summed E-state index contributed by atoms with van der Waals surface area (Å²) in [4.78, 5) is 11.9. The van der Waals surface area contributed by atoms with E-state index in [-0.39, 0.29) is 17.9 Å². The second kappa shape index (κ2) is 4.92. The number of aryl methyl sites for hydroxylation is 1. The summed E-state index contributed by atoms with van der Waals surface area (Å²) in [7, 11) is 0. The Kier molecular flexibility index (Phi) is 3.52. The Bertz CT molecular complexity index is 437. The van der Waals surface area contributed by atoms with Gasteiger partial charge >= 0.3 is 0 Å². The molecular weight excluding hydrogens is 226 g/mol. The number of Topliss-reactive ketones (excluding diaryl/α,β-unsaturated/α-hetero) is 1. The summed E-state index contributed by atoms with van der Waals surface area (Å²) in [6, 6.07) is 2.47. The van der Waals surface area contributed by atoms with Crippen LogP contribution in [0.5, 0.6) is 0 Å². The Morgan fingerprint density at radius 3 is 2.88 bits per heavy atom. The first-order chi connectivity index (χ1) is 8.09. The monoisotopic (exact) mass is 240 g/mol. The Morgan fingerprint density at radius 1 is 1.47 bits per heavy atom. The highest BCUT2D eigenvalue weighted by atomic mass is 19.1. The van der Waals surface area contributed by atoms with E-state index in [0.717, 1.165) is 12.5 Å². The first kappa shape index (κ1) is 12.2. The van der Waals surface area contributed by atoms with Crippen molar-refractivity contribution in [3.05, 3.63) is 34.9 Å². The molecule has 0 bridgehead atoms. The number of carbonyl (C=O) groups is 1. The molecule has 0 aromatic heterocycles. The van der Waals surface area contributed by atoms with Gasteiger partial charge in [-0.05, 0) is 30.9 Å². The van der Waals surface area contributed by atoms with Crippen LogP contribution in [0.1, 0.15) is 28.8 Å². The van der Waals surface area contributed by atoms with Crippen LogP contribution in [0.4, 0.5) is 8.78 Å². The van der Waals surface area contributed by atoms with Crippen LogP contribution in [0.2, 0.25) is 0 Å². The average Bonchev–Trinajstić information content (AvgIpc) is 2.77. The molecule has 2 rings (SSSR count). The van der Waals surface area contributed by atoms with Crippen molar-refractivity contribution < 1.29 is 18.3 Å². The van der Waals surface area contributed by atoms with Gasteiger partial charge in [0.25, 0.3) is 0 Å². The molecule has 0 amide bonds. The molecule has 1 saturated heterocycles. The predicted molar refractivity (Wildman–Crippen MR) is 59.0 cm³/mol. The Hall–Kier alpha value is -1.29. The number of ether oxygens (including phenoxy) is 1. The van der Waals surface area contributed by atoms with Gasteiger partial charge in [0.1, 0.15) is 11.6 Å². The number of benzene rings is 1. The van der Waals surface area contributed by atoms with Gasteiger partial charge in [-0.15, -0.1) is 0 Å². The molecule has 1 aliphatic rings. The molecule has 0 saturated carbocycles. The maximum absolute atomic E-state index is 13.7. The maximum Gasteiger partial charge on any atom is 0.169 e. The highest BCUT2D eigenvalue weighted by Crippen LogP contribution is 2.23. The first-order valence-electron chi connectivity index (χ1n) is 5.65. The van der Waals surface area contributed by atoms with Crippen LogP contribution in [-0.4, -0.2) is 19.0 Å². The third kappa shape index (κ3) is 2.52. The van der Waals surface area contributed by atoms with E-state index >= 15 is 0 Å². The SMILES string of the molecule is Cc1ccc(F)c(C(=O)CC2CCOC2)c1F. The smallest absolute Gasteiger partial charge is 0.169 e. The van der Waals surface area contributed by atoms with Crippen molar-refractivity contribution in [3.8, 4) is 0 Å². The zero-order chi connectivity index (χ0) is 12.4. The third-order valence-electron chi connectivity index (χ3n) is 3.06. The molecule has 1 aromatic rings. The van der Waals surface area contributed by atoms with Gasteiger partial charge in [0, 0.05) is 19.6 Å². The first-order valence-corrected chi connectivity index (χ1v) is 5.65. The van der Waals surface area contributed by atoms with E-state index in [4.69, 9.17) is 4.74 Å². The van der Waals surface area contributed by atoms with Gasteiger partial charge < -0.3 is 4.74 Å². The highest BCUT2D eigenvalue weighted by molar-refractivity contribution is 5.97. The van der Waals surface area contributed by atoms with Gasteiger partial charge in [-0.2, -0.15) is 0 Å². The Labute approximate surface area is 98.6 Å². The van der Waals surface area contributed by atoms with Crippen molar-refractivity contribution >= 4 is 5.78 Å². The van der Waals surface area contributed by atoms with E-state index in [9.17, 15) is 13.6 Å². The fourth-order valence-electron chi connectivity index (χ4n) is 2.02. The minimum atomic E-state index is -0.781. The van der Waals surface area contributed by atoms with E-state index in [1.807, 2.05) is 0 Å². The van der Waals surface area contributed by atoms with Crippen LogP contribution in [0.3, 0.4) is 0 Å². The topological polar surface area (TPSA) is 26.3 Å². The summed E-state index contributed by atoms with van der Waals surface area (Å²) in [5.41, 5.74) is -0.116. The van der Waals surface area contributed by atoms with Gasteiger partial charge in [0.15, 0.2) is 5.78 Å². The summed E-state index contributed by atoms with van der Waals surface area (Å²) >= 11 is 0. The second-order valence-electron chi connectivity index (χ2n) is 4.41. The molecule has 0 spiro atoms. The second-order valence-corrected chi connectivity index (χ2v) is 4.41. The molecule has 2 nitrogen and oxygen atoms in total. The predicted octanol–water partition coefficient (Wildman–Crippen LogP) is 2.88. The molecule has 1 heterocycles. The van der Waals surface area contributed by atoms with E-state index in [0.29, 0.717) is 13.2 Å². The summed E-state index contributed by atoms with van der Waals surface area (Å²) in [5, 5.41) is 0. The summed E-state index contributed by atoms with van der Waals surface area (Å²) in [6.07, 6.45) is 0.929. The van der Waals surface area contributed by atoms with Crippen LogP contribution >= 0.6 is 0 Å². The number of ketones is 1. The van der Waals surface area contributed by atoms with E-state index in [1.165, 1.54) is 13.0 Å². The van der Waals surface area contributed by atoms with Gasteiger partial charge in [-0.25, -0.2) is 8.78 Å². The average molecular weight is 240 g/mol. The van der Waals surface area contributed by atoms with E-state index < -0.39 is 23.0 Å². The molecule has 92 valence electrons. The van der Waals surface area contributed by atoms with Gasteiger partial charge in [-0.3, -0.25) is 4.79 Å². The minimum absolute atomic E-state index is 0.0850. The van der Waals surface area contributed by atoms with Gasteiger partial charge in [-0.1, -0.05) is 6.07 Å². The van der Waals surface area contributed by atoms with Crippen LogP contribution in [0.15, 0.2) is 12.1 Å². The number of hydrogen-bond acceptors (Lipinski definition) is 2. The quantitative estimate of drug-likeness (QED) is 0.759. The van der Waals surface area contributed by atoms with Crippen molar-refractivity contribution in [1.82, 2.24) is 0 Å². The van der Waals surface area contributed by atoms with Gasteiger partial charge in [0.05, 0.1) is 5.56 Å². The van der Waals surface area contributed by atoms with E-state index in [1.54, 1.807) is 0 Å². The van der Waals surface area contributed by atoms with Crippen LogP contribution in [-0.2, 0) is 4.74 Å². The van der Waals surface area contributed by atoms with Crippen molar-refractivity contribution in [2.24, 2.45) is 5.92 Å². The molecule has 0 radical (unpaired) electrons. The molecule has 1 aliphatic heterocycles. The molecular formula is C13H14F2O2. The number of hydrogen-bond donors (Lipinski definition) is 0. The van der Waals surface area contributed by atoms with Crippen LogP contribution in [0.25, 0.3) is 0 Å². The lowest BCUT2D eigenvalue weighted by molar-refractivity contribution is 0.0944.